The van der Waals surface area contributed by atoms with E-state index in [0.29, 0.717) is 51.3 Å². The number of halogens is 2. The van der Waals surface area contributed by atoms with Gasteiger partial charge in [-0.2, -0.15) is 4.31 Å². The van der Waals surface area contributed by atoms with Gasteiger partial charge in [0.05, 0.1) is 18.5 Å². The molecule has 0 atom stereocenters. The van der Waals surface area contributed by atoms with E-state index in [4.69, 9.17) is 4.74 Å². The Morgan fingerprint density at radius 2 is 1.90 bits per heavy atom. The lowest BCUT2D eigenvalue weighted by Gasteiger charge is -2.36. The van der Waals surface area contributed by atoms with Crippen LogP contribution in [0.4, 0.5) is 4.39 Å². The van der Waals surface area contributed by atoms with E-state index < -0.39 is 10.0 Å². The van der Waals surface area contributed by atoms with Crippen molar-refractivity contribution in [1.82, 2.24) is 14.5 Å². The van der Waals surface area contributed by atoms with Crippen LogP contribution in [0.5, 0.6) is 0 Å². The van der Waals surface area contributed by atoms with Crippen LogP contribution in [0.3, 0.4) is 0 Å². The monoisotopic (exact) mass is 556 g/mol. The molecular formula is C20H34FIN4O3S. The van der Waals surface area contributed by atoms with Crippen molar-refractivity contribution in [2.24, 2.45) is 4.99 Å². The maximum absolute atomic E-state index is 13.8. The first-order valence-electron chi connectivity index (χ1n) is 10.2. The highest BCUT2D eigenvalue weighted by atomic mass is 127. The minimum atomic E-state index is -3.32. The van der Waals surface area contributed by atoms with Crippen molar-refractivity contribution in [2.75, 3.05) is 51.6 Å². The van der Waals surface area contributed by atoms with Gasteiger partial charge in [0.25, 0.3) is 0 Å². The lowest BCUT2D eigenvalue weighted by molar-refractivity contribution is 0.0904. The number of rotatable bonds is 9. The molecule has 2 rings (SSSR count). The van der Waals surface area contributed by atoms with Gasteiger partial charge in [0.1, 0.15) is 5.82 Å². The summed E-state index contributed by atoms with van der Waals surface area (Å²) in [5.41, 5.74) is 0.645. The molecule has 0 aliphatic carbocycles. The molecule has 0 bridgehead atoms. The van der Waals surface area contributed by atoms with E-state index in [1.54, 1.807) is 12.1 Å². The highest BCUT2D eigenvalue weighted by molar-refractivity contribution is 14.0. The predicted octanol–water partition coefficient (Wildman–Crippen LogP) is 2.32. The molecule has 0 radical (unpaired) electrons. The van der Waals surface area contributed by atoms with Gasteiger partial charge >= 0.3 is 0 Å². The summed E-state index contributed by atoms with van der Waals surface area (Å²) in [7, 11) is -3.32. The maximum Gasteiger partial charge on any atom is 0.216 e. The number of benzene rings is 1. The second-order valence-corrected chi connectivity index (χ2v) is 9.29. The molecule has 1 fully saturated rings. The van der Waals surface area contributed by atoms with Crippen LogP contribution in [-0.4, -0.2) is 81.3 Å². The fraction of sp³-hybridized carbons (Fsp3) is 0.650. The standard InChI is InChI=1S/C20H33FN4O3S.HI/c1-4-22-20(23-10-9-18-7-5-6-8-19(18)21)24-11-13-25(14-12-24)29(26,27)16-15-28-17(2)3;/h5-8,17H,4,9-16H2,1-3H3,(H,22,23);1H. The van der Waals surface area contributed by atoms with Crippen LogP contribution in [0, 0.1) is 5.82 Å². The number of hydrogen-bond donors (Lipinski definition) is 1. The molecule has 0 spiro atoms. The first kappa shape index (κ1) is 27.1. The van der Waals surface area contributed by atoms with Crippen LogP contribution in [0.25, 0.3) is 0 Å². The smallest absolute Gasteiger partial charge is 0.216 e. The minimum Gasteiger partial charge on any atom is -0.378 e. The third-order valence-corrected chi connectivity index (χ3v) is 6.49. The van der Waals surface area contributed by atoms with Gasteiger partial charge in [-0.25, -0.2) is 12.8 Å². The minimum absolute atomic E-state index is 0. The summed E-state index contributed by atoms with van der Waals surface area (Å²) in [6.07, 6.45) is 0.538. The van der Waals surface area contributed by atoms with Crippen LogP contribution in [-0.2, 0) is 21.2 Å². The van der Waals surface area contributed by atoms with Gasteiger partial charge < -0.3 is 15.0 Å². The van der Waals surface area contributed by atoms with Crippen molar-refractivity contribution in [3.8, 4) is 0 Å². The molecule has 0 unspecified atom stereocenters. The SMILES string of the molecule is CCNC(=NCCc1ccccc1F)N1CCN(S(=O)(=O)CCOC(C)C)CC1.I. The van der Waals surface area contributed by atoms with Gasteiger partial charge in [-0.15, -0.1) is 24.0 Å². The Hall–Kier alpha value is -0.980. The van der Waals surface area contributed by atoms with Gasteiger partial charge in [0, 0.05) is 39.3 Å². The van der Waals surface area contributed by atoms with E-state index in [1.807, 2.05) is 26.8 Å². The second-order valence-electron chi connectivity index (χ2n) is 7.20. The zero-order chi connectivity index (χ0) is 21.3. The zero-order valence-electron chi connectivity index (χ0n) is 18.0. The zero-order valence-corrected chi connectivity index (χ0v) is 21.2. The molecule has 1 aliphatic heterocycles. The molecule has 1 aromatic carbocycles. The average Bonchev–Trinajstić information content (AvgIpc) is 2.68. The van der Waals surface area contributed by atoms with Crippen molar-refractivity contribution in [2.45, 2.75) is 33.3 Å². The van der Waals surface area contributed by atoms with E-state index in [-0.39, 0.29) is 48.3 Å². The van der Waals surface area contributed by atoms with E-state index in [1.165, 1.54) is 10.4 Å². The molecule has 7 nitrogen and oxygen atoms in total. The lowest BCUT2D eigenvalue weighted by Crippen LogP contribution is -2.54. The number of piperazine rings is 1. The summed E-state index contributed by atoms with van der Waals surface area (Å²) in [5.74, 6) is 0.527. The molecule has 0 amide bonds. The van der Waals surface area contributed by atoms with Crippen LogP contribution < -0.4 is 5.32 Å². The Morgan fingerprint density at radius 1 is 1.23 bits per heavy atom. The normalized spacial score (nSPS) is 15.9. The van der Waals surface area contributed by atoms with Gasteiger partial charge in [0.15, 0.2) is 5.96 Å². The lowest BCUT2D eigenvalue weighted by atomic mass is 10.1. The summed E-state index contributed by atoms with van der Waals surface area (Å²) < 4.78 is 45.6. The largest absolute Gasteiger partial charge is 0.378 e. The number of nitrogens with zero attached hydrogens (tertiary/aromatic N) is 3. The van der Waals surface area contributed by atoms with E-state index in [0.717, 1.165) is 5.96 Å². The number of nitrogens with one attached hydrogen (secondary N) is 1. The number of ether oxygens (including phenoxy) is 1. The number of sulfonamides is 1. The van der Waals surface area contributed by atoms with Crippen LogP contribution in [0.1, 0.15) is 26.3 Å². The molecular weight excluding hydrogens is 522 g/mol. The summed E-state index contributed by atoms with van der Waals surface area (Å²) in [4.78, 5) is 6.66. The summed E-state index contributed by atoms with van der Waals surface area (Å²) in [6.45, 7) is 9.12. The summed E-state index contributed by atoms with van der Waals surface area (Å²) >= 11 is 0. The first-order valence-corrected chi connectivity index (χ1v) is 11.8. The first-order chi connectivity index (χ1) is 13.8. The fourth-order valence-corrected chi connectivity index (χ4v) is 4.39. The van der Waals surface area contributed by atoms with Crippen LogP contribution in [0.2, 0.25) is 0 Å². The Labute approximate surface area is 197 Å². The number of guanidine groups is 1. The second kappa shape index (κ2) is 13.4. The van der Waals surface area contributed by atoms with Crippen molar-refractivity contribution >= 4 is 40.0 Å². The molecule has 1 N–H and O–H groups in total. The molecule has 1 heterocycles. The summed E-state index contributed by atoms with van der Waals surface area (Å²) in [6, 6.07) is 6.72. The Balaban J connectivity index is 0.00000450. The average molecular weight is 556 g/mol. The third-order valence-electron chi connectivity index (χ3n) is 4.66. The Bertz CT molecular complexity index is 769. The van der Waals surface area contributed by atoms with Crippen molar-refractivity contribution in [3.63, 3.8) is 0 Å². The van der Waals surface area contributed by atoms with Crippen LogP contribution >= 0.6 is 24.0 Å². The molecule has 172 valence electrons. The molecule has 1 saturated heterocycles. The molecule has 0 saturated carbocycles. The quantitative estimate of drug-likeness (QED) is 0.287. The van der Waals surface area contributed by atoms with Crippen molar-refractivity contribution in [1.29, 1.82) is 0 Å². The molecule has 1 aromatic rings. The topological polar surface area (TPSA) is 74.2 Å². The highest BCUT2D eigenvalue weighted by Gasteiger charge is 2.28. The van der Waals surface area contributed by atoms with Gasteiger partial charge in [-0.1, -0.05) is 18.2 Å². The van der Waals surface area contributed by atoms with Crippen molar-refractivity contribution in [3.05, 3.63) is 35.6 Å². The Morgan fingerprint density at radius 3 is 2.50 bits per heavy atom. The molecule has 10 heteroatoms. The fourth-order valence-electron chi connectivity index (χ4n) is 3.11. The molecule has 30 heavy (non-hydrogen) atoms. The van der Waals surface area contributed by atoms with E-state index in [2.05, 4.69) is 15.2 Å². The van der Waals surface area contributed by atoms with Gasteiger partial charge in [-0.05, 0) is 38.8 Å². The third kappa shape index (κ3) is 8.64. The Kier molecular flexibility index (Phi) is 12.1. The van der Waals surface area contributed by atoms with E-state index in [9.17, 15) is 12.8 Å². The van der Waals surface area contributed by atoms with Gasteiger partial charge in [0.2, 0.25) is 10.0 Å². The van der Waals surface area contributed by atoms with Gasteiger partial charge in [-0.3, -0.25) is 4.99 Å². The number of hydrogen-bond acceptors (Lipinski definition) is 4. The predicted molar refractivity (Wildman–Crippen MR) is 130 cm³/mol. The highest BCUT2D eigenvalue weighted by Crippen LogP contribution is 2.10. The molecule has 1 aliphatic rings. The maximum atomic E-state index is 13.8. The summed E-state index contributed by atoms with van der Waals surface area (Å²) in [5, 5.41) is 3.25. The van der Waals surface area contributed by atoms with E-state index >= 15 is 0 Å². The van der Waals surface area contributed by atoms with Crippen molar-refractivity contribution < 1.29 is 17.5 Å². The molecule has 0 aromatic heterocycles. The van der Waals surface area contributed by atoms with Crippen LogP contribution in [0.15, 0.2) is 29.3 Å². The number of aliphatic imine (C=N–C) groups is 1.